The second kappa shape index (κ2) is 5.92. The summed E-state index contributed by atoms with van der Waals surface area (Å²) in [5, 5.41) is 3.08. The van der Waals surface area contributed by atoms with Crippen LogP contribution < -0.4 is 4.74 Å². The first-order chi connectivity index (χ1) is 11.2. The average molecular weight is 329 g/mol. The van der Waals surface area contributed by atoms with Gasteiger partial charge in [-0.1, -0.05) is 30.0 Å². The topological polar surface area (TPSA) is 45.1 Å². The predicted molar refractivity (Wildman–Crippen MR) is 91.5 cm³/mol. The van der Waals surface area contributed by atoms with E-state index in [4.69, 9.17) is 4.74 Å². The number of fused-ring (bicyclic) bond motifs is 2. The lowest BCUT2D eigenvalue weighted by Gasteiger charge is -2.23. The Bertz CT molecular complexity index is 676. The minimum Gasteiger partial charge on any atom is -0.488 e. The van der Waals surface area contributed by atoms with Crippen molar-refractivity contribution in [1.29, 1.82) is 0 Å². The van der Waals surface area contributed by atoms with Gasteiger partial charge in [0.1, 0.15) is 11.9 Å². The number of rotatable bonds is 4. The van der Waals surface area contributed by atoms with Crippen LogP contribution in [0.4, 0.5) is 0 Å². The summed E-state index contributed by atoms with van der Waals surface area (Å²) in [6, 6.07) is 8.09. The fourth-order valence-electron chi connectivity index (χ4n) is 3.17. The lowest BCUT2D eigenvalue weighted by Crippen LogP contribution is -2.37. The van der Waals surface area contributed by atoms with E-state index < -0.39 is 0 Å². The average Bonchev–Trinajstić information content (AvgIpc) is 3.23. The second-order valence-corrected chi connectivity index (χ2v) is 6.88. The number of hydrogen-bond donors (Lipinski definition) is 0. The molecule has 1 atom stereocenters. The van der Waals surface area contributed by atoms with Crippen LogP contribution in [0.2, 0.25) is 0 Å². The van der Waals surface area contributed by atoms with Gasteiger partial charge in [0.2, 0.25) is 5.91 Å². The molecule has 0 radical (unpaired) electrons. The van der Waals surface area contributed by atoms with Gasteiger partial charge in [-0.2, -0.15) is 0 Å². The first kappa shape index (κ1) is 14.6. The van der Waals surface area contributed by atoms with Gasteiger partial charge in [0.15, 0.2) is 5.17 Å². The molecule has 0 fully saturated rings. The van der Waals surface area contributed by atoms with Crippen molar-refractivity contribution in [2.24, 2.45) is 4.99 Å². The third-order valence-corrected chi connectivity index (χ3v) is 5.35. The van der Waals surface area contributed by atoms with Crippen molar-refractivity contribution in [3.63, 3.8) is 0 Å². The highest BCUT2D eigenvalue weighted by molar-refractivity contribution is 8.16. The van der Waals surface area contributed by atoms with E-state index in [0.29, 0.717) is 13.0 Å². The molecule has 3 heterocycles. The first-order valence-corrected chi connectivity index (χ1v) is 8.75. The lowest BCUT2D eigenvalue weighted by atomic mass is 10.1. The largest absolute Gasteiger partial charge is 0.488 e. The van der Waals surface area contributed by atoms with Gasteiger partial charge in [-0.05, 0) is 17.0 Å². The fourth-order valence-corrected chi connectivity index (χ4v) is 4.12. The van der Waals surface area contributed by atoms with Crippen molar-refractivity contribution in [2.75, 3.05) is 26.7 Å². The number of benzene rings is 1. The van der Waals surface area contributed by atoms with Crippen molar-refractivity contribution in [3.8, 4) is 5.75 Å². The Labute approximate surface area is 140 Å². The fraction of sp³-hybridized carbons (Fsp3) is 0.412. The summed E-state index contributed by atoms with van der Waals surface area (Å²) < 4.78 is 5.92. The third kappa shape index (κ3) is 2.83. The number of para-hydroxylation sites is 1. The van der Waals surface area contributed by atoms with Crippen molar-refractivity contribution < 1.29 is 9.53 Å². The van der Waals surface area contributed by atoms with E-state index in [9.17, 15) is 4.79 Å². The molecule has 1 amide bonds. The summed E-state index contributed by atoms with van der Waals surface area (Å²) >= 11 is 1.62. The molecule has 120 valence electrons. The molecule has 1 aromatic carbocycles. The normalized spacial score (nSPS) is 21.4. The van der Waals surface area contributed by atoms with Crippen molar-refractivity contribution in [1.82, 2.24) is 9.80 Å². The Balaban J connectivity index is 1.32. The van der Waals surface area contributed by atoms with Crippen molar-refractivity contribution in [2.45, 2.75) is 18.9 Å². The standard InChI is InChI=1S/C17H19N3O2S/c1-19(10-14-8-12-4-2-3-5-15(12)22-14)16(21)9-13-11-23-17-18-6-7-20(13)17/h2-5,11,14H,6-10H2,1H3. The summed E-state index contributed by atoms with van der Waals surface area (Å²) in [6.45, 7) is 2.35. The number of amidine groups is 1. The summed E-state index contributed by atoms with van der Waals surface area (Å²) in [6.07, 6.45) is 1.36. The van der Waals surface area contributed by atoms with Crippen LogP contribution in [0.5, 0.6) is 5.75 Å². The number of thioether (sulfide) groups is 1. The summed E-state index contributed by atoms with van der Waals surface area (Å²) in [5.74, 6) is 1.08. The van der Waals surface area contributed by atoms with Gasteiger partial charge in [0, 0.05) is 25.7 Å². The van der Waals surface area contributed by atoms with Gasteiger partial charge in [0.05, 0.1) is 19.5 Å². The van der Waals surface area contributed by atoms with Gasteiger partial charge in [0.25, 0.3) is 0 Å². The van der Waals surface area contributed by atoms with Gasteiger partial charge >= 0.3 is 0 Å². The second-order valence-electron chi connectivity index (χ2n) is 6.05. The molecule has 0 aliphatic carbocycles. The van der Waals surface area contributed by atoms with Crippen LogP contribution in [0.1, 0.15) is 12.0 Å². The smallest absolute Gasteiger partial charge is 0.228 e. The molecular formula is C17H19N3O2S. The minimum atomic E-state index is 0.0530. The van der Waals surface area contributed by atoms with E-state index in [0.717, 1.165) is 36.1 Å². The van der Waals surface area contributed by atoms with E-state index in [2.05, 4.69) is 16.0 Å². The van der Waals surface area contributed by atoms with Gasteiger partial charge in [-0.15, -0.1) is 0 Å². The quantitative estimate of drug-likeness (QED) is 0.849. The van der Waals surface area contributed by atoms with Crippen LogP contribution in [0.15, 0.2) is 40.4 Å². The van der Waals surface area contributed by atoms with Crippen LogP contribution in [-0.4, -0.2) is 53.7 Å². The zero-order valence-corrected chi connectivity index (χ0v) is 13.9. The molecule has 0 N–H and O–H groups in total. The molecule has 3 aliphatic rings. The molecule has 5 nitrogen and oxygen atoms in total. The van der Waals surface area contributed by atoms with Gasteiger partial charge in [-0.3, -0.25) is 9.79 Å². The molecule has 6 heteroatoms. The SMILES string of the molecule is CN(CC1Cc2ccccc2O1)C(=O)CC1=CSC2=NCCN12. The maximum absolute atomic E-state index is 12.5. The Morgan fingerprint density at radius 3 is 3.22 bits per heavy atom. The number of likely N-dealkylation sites (N-methyl/N-ethyl adjacent to an activating group) is 1. The molecule has 0 aromatic heterocycles. The number of carbonyl (C=O) groups excluding carboxylic acids is 1. The molecule has 1 aromatic rings. The number of nitrogens with zero attached hydrogens (tertiary/aromatic N) is 3. The molecule has 0 saturated heterocycles. The van der Waals surface area contributed by atoms with Gasteiger partial charge in [-0.25, -0.2) is 0 Å². The van der Waals surface area contributed by atoms with E-state index in [-0.39, 0.29) is 12.0 Å². The highest BCUT2D eigenvalue weighted by Crippen LogP contribution is 2.31. The maximum atomic E-state index is 12.5. The predicted octanol–water partition coefficient (Wildman–Crippen LogP) is 2.10. The lowest BCUT2D eigenvalue weighted by molar-refractivity contribution is -0.130. The summed E-state index contributed by atoms with van der Waals surface area (Å²) in [5.41, 5.74) is 2.30. The zero-order chi connectivity index (χ0) is 15.8. The Morgan fingerprint density at radius 1 is 1.48 bits per heavy atom. The molecular weight excluding hydrogens is 310 g/mol. The van der Waals surface area contributed by atoms with E-state index >= 15 is 0 Å². The third-order valence-electron chi connectivity index (χ3n) is 4.40. The van der Waals surface area contributed by atoms with E-state index in [1.165, 1.54) is 5.56 Å². The van der Waals surface area contributed by atoms with Crippen molar-refractivity contribution in [3.05, 3.63) is 40.9 Å². The zero-order valence-electron chi connectivity index (χ0n) is 13.1. The number of ether oxygens (including phenoxy) is 1. The first-order valence-electron chi connectivity index (χ1n) is 7.87. The van der Waals surface area contributed by atoms with Crippen LogP contribution in [0, 0.1) is 0 Å². The van der Waals surface area contributed by atoms with E-state index in [1.807, 2.05) is 30.7 Å². The summed E-state index contributed by atoms with van der Waals surface area (Å²) in [4.78, 5) is 20.9. The van der Waals surface area contributed by atoms with Crippen LogP contribution in [0.3, 0.4) is 0 Å². The van der Waals surface area contributed by atoms with Gasteiger partial charge < -0.3 is 14.5 Å². The highest BCUT2D eigenvalue weighted by atomic mass is 32.2. The Morgan fingerprint density at radius 2 is 2.35 bits per heavy atom. The number of amides is 1. The molecule has 4 rings (SSSR count). The van der Waals surface area contributed by atoms with Crippen LogP contribution >= 0.6 is 11.8 Å². The molecule has 3 aliphatic heterocycles. The number of carbonyl (C=O) groups is 1. The number of aliphatic imine (C=N–C) groups is 1. The molecule has 1 unspecified atom stereocenters. The minimum absolute atomic E-state index is 0.0530. The highest BCUT2D eigenvalue weighted by Gasteiger charge is 2.29. The van der Waals surface area contributed by atoms with E-state index in [1.54, 1.807) is 16.7 Å². The monoisotopic (exact) mass is 329 g/mol. The van der Waals surface area contributed by atoms with Crippen LogP contribution in [-0.2, 0) is 11.2 Å². The van der Waals surface area contributed by atoms with Crippen molar-refractivity contribution >= 4 is 22.8 Å². The molecule has 0 spiro atoms. The molecule has 23 heavy (non-hydrogen) atoms. The maximum Gasteiger partial charge on any atom is 0.228 e. The Hall–Kier alpha value is -1.95. The number of hydrogen-bond acceptors (Lipinski definition) is 5. The molecule has 0 bridgehead atoms. The Kier molecular flexibility index (Phi) is 3.77. The van der Waals surface area contributed by atoms with Crippen LogP contribution in [0.25, 0.3) is 0 Å². The molecule has 0 saturated carbocycles. The summed E-state index contributed by atoms with van der Waals surface area (Å²) in [7, 11) is 1.86.